The molecule has 3 aromatic rings. The Hall–Kier alpha value is -3.33. The summed E-state index contributed by atoms with van der Waals surface area (Å²) in [5, 5.41) is 5.46. The van der Waals surface area contributed by atoms with Crippen LogP contribution >= 0.6 is 0 Å². The molecule has 1 saturated heterocycles. The number of aromatic nitrogens is 3. The molecular formula is C24H28N4O5. The number of benzene rings is 1. The number of hydrogen-bond acceptors (Lipinski definition) is 8. The van der Waals surface area contributed by atoms with Gasteiger partial charge in [0.05, 0.1) is 12.1 Å². The minimum atomic E-state index is -0.651. The van der Waals surface area contributed by atoms with Crippen molar-refractivity contribution in [3.8, 4) is 22.8 Å². The molecule has 0 aliphatic carbocycles. The largest absolute Gasteiger partial charge is 0.486 e. The van der Waals surface area contributed by atoms with Crippen molar-refractivity contribution in [2.75, 3.05) is 44.4 Å². The first-order valence-electron chi connectivity index (χ1n) is 11.2. The molecule has 5 rings (SSSR count). The average Bonchev–Trinajstić information content (AvgIpc) is 2.95. The summed E-state index contributed by atoms with van der Waals surface area (Å²) in [5.41, 5.74) is 1.46. The number of pyridine rings is 1. The van der Waals surface area contributed by atoms with E-state index >= 15 is 0 Å². The summed E-state index contributed by atoms with van der Waals surface area (Å²) in [6.45, 7) is 9.51. The van der Waals surface area contributed by atoms with E-state index in [-0.39, 0.29) is 0 Å². The quantitative estimate of drug-likeness (QED) is 0.579. The molecule has 174 valence electrons. The van der Waals surface area contributed by atoms with Crippen molar-refractivity contribution in [3.63, 3.8) is 0 Å². The third-order valence-electron chi connectivity index (χ3n) is 5.48. The molecule has 2 aliphatic rings. The van der Waals surface area contributed by atoms with Crippen LogP contribution in [0.4, 0.5) is 10.6 Å². The smallest absolute Gasteiger partial charge is 0.435 e. The van der Waals surface area contributed by atoms with Crippen molar-refractivity contribution < 1.29 is 23.7 Å². The first-order valence-corrected chi connectivity index (χ1v) is 11.2. The lowest BCUT2D eigenvalue weighted by Crippen LogP contribution is -2.27. The molecule has 9 nitrogen and oxygen atoms in total. The average molecular weight is 453 g/mol. The fraction of sp³-hybridized carbons (Fsp3) is 0.458. The molecule has 0 atom stereocenters. The summed E-state index contributed by atoms with van der Waals surface area (Å²) >= 11 is 0. The maximum Gasteiger partial charge on any atom is 0.435 e. The molecule has 0 radical (unpaired) electrons. The molecule has 2 aromatic heterocycles. The Morgan fingerprint density at radius 2 is 1.82 bits per heavy atom. The zero-order valence-electron chi connectivity index (χ0n) is 19.2. The van der Waals surface area contributed by atoms with Gasteiger partial charge in [0, 0.05) is 42.9 Å². The standard InChI is InChI=1S/C24H28N4O5/c1-24(2,3)33-23(29)28-18-15-20-19(31-11-12-32-20)14-17(18)22(26-28)16-5-6-25-21(13-16)27-7-4-9-30-10-8-27/h5-6,13-15H,4,7-12H2,1-3H3. The predicted octanol–water partition coefficient (Wildman–Crippen LogP) is 3.88. The third-order valence-corrected chi connectivity index (χ3v) is 5.48. The van der Waals surface area contributed by atoms with Crippen molar-refractivity contribution in [2.45, 2.75) is 32.8 Å². The molecular weight excluding hydrogens is 424 g/mol. The van der Waals surface area contributed by atoms with Gasteiger partial charge in [-0.05, 0) is 45.4 Å². The Balaban J connectivity index is 1.62. The molecule has 4 heterocycles. The highest BCUT2D eigenvalue weighted by molar-refractivity contribution is 5.99. The number of carbonyl (C=O) groups is 1. The van der Waals surface area contributed by atoms with Crippen LogP contribution in [0.25, 0.3) is 22.2 Å². The van der Waals surface area contributed by atoms with E-state index < -0.39 is 11.7 Å². The molecule has 2 aliphatic heterocycles. The fourth-order valence-corrected chi connectivity index (χ4v) is 4.02. The van der Waals surface area contributed by atoms with Crippen molar-refractivity contribution >= 4 is 22.8 Å². The highest BCUT2D eigenvalue weighted by Gasteiger charge is 2.26. The molecule has 1 aromatic carbocycles. The Morgan fingerprint density at radius 1 is 1.03 bits per heavy atom. The zero-order valence-corrected chi connectivity index (χ0v) is 19.2. The minimum Gasteiger partial charge on any atom is -0.486 e. The Morgan fingerprint density at radius 3 is 2.61 bits per heavy atom. The summed E-state index contributed by atoms with van der Waals surface area (Å²) in [4.78, 5) is 19.8. The van der Waals surface area contributed by atoms with Gasteiger partial charge in [0.2, 0.25) is 0 Å². The lowest BCUT2D eigenvalue weighted by Gasteiger charge is -2.21. The first-order chi connectivity index (χ1) is 15.9. The van der Waals surface area contributed by atoms with Gasteiger partial charge in [-0.2, -0.15) is 9.78 Å². The SMILES string of the molecule is CC(C)(C)OC(=O)n1nc(-c2ccnc(N3CCCOCC3)c2)c2cc3c(cc21)OCCO3. The number of nitrogens with zero attached hydrogens (tertiary/aromatic N) is 4. The van der Waals surface area contributed by atoms with Crippen LogP contribution in [0.2, 0.25) is 0 Å². The van der Waals surface area contributed by atoms with Crippen molar-refractivity contribution in [1.29, 1.82) is 0 Å². The molecule has 0 saturated carbocycles. The van der Waals surface area contributed by atoms with E-state index in [1.165, 1.54) is 4.68 Å². The summed E-state index contributed by atoms with van der Waals surface area (Å²) < 4.78 is 24.0. The van der Waals surface area contributed by atoms with Crippen LogP contribution in [0.5, 0.6) is 11.5 Å². The van der Waals surface area contributed by atoms with Gasteiger partial charge in [-0.1, -0.05) is 0 Å². The molecule has 9 heteroatoms. The second kappa shape index (κ2) is 8.55. The van der Waals surface area contributed by atoms with Crippen LogP contribution in [0.1, 0.15) is 27.2 Å². The fourth-order valence-electron chi connectivity index (χ4n) is 4.02. The summed E-state index contributed by atoms with van der Waals surface area (Å²) in [7, 11) is 0. The van der Waals surface area contributed by atoms with Crippen LogP contribution in [0, 0.1) is 0 Å². The van der Waals surface area contributed by atoms with Crippen LogP contribution in [-0.4, -0.2) is 66.0 Å². The van der Waals surface area contributed by atoms with E-state index in [0.717, 1.165) is 42.9 Å². The maximum absolute atomic E-state index is 13.0. The predicted molar refractivity (Wildman–Crippen MR) is 123 cm³/mol. The van der Waals surface area contributed by atoms with Crippen LogP contribution in [-0.2, 0) is 9.47 Å². The highest BCUT2D eigenvalue weighted by Crippen LogP contribution is 2.39. The lowest BCUT2D eigenvalue weighted by molar-refractivity contribution is 0.0523. The molecule has 33 heavy (non-hydrogen) atoms. The van der Waals surface area contributed by atoms with Gasteiger partial charge in [-0.15, -0.1) is 0 Å². The second-order valence-corrected chi connectivity index (χ2v) is 9.11. The molecule has 1 fully saturated rings. The van der Waals surface area contributed by atoms with Gasteiger partial charge in [-0.25, -0.2) is 9.78 Å². The van der Waals surface area contributed by atoms with Gasteiger partial charge in [0.1, 0.15) is 30.3 Å². The van der Waals surface area contributed by atoms with Gasteiger partial charge < -0.3 is 23.8 Å². The molecule has 0 spiro atoms. The van der Waals surface area contributed by atoms with Gasteiger partial charge in [-0.3, -0.25) is 0 Å². The Bertz CT molecular complexity index is 1180. The first kappa shape index (κ1) is 21.5. The number of fused-ring (bicyclic) bond motifs is 2. The number of hydrogen-bond donors (Lipinski definition) is 0. The van der Waals surface area contributed by atoms with E-state index in [1.54, 1.807) is 12.3 Å². The van der Waals surface area contributed by atoms with Crippen LogP contribution < -0.4 is 14.4 Å². The maximum atomic E-state index is 13.0. The lowest BCUT2D eigenvalue weighted by atomic mass is 10.1. The number of rotatable bonds is 2. The van der Waals surface area contributed by atoms with E-state index in [2.05, 4.69) is 15.0 Å². The molecule has 0 bridgehead atoms. The minimum absolute atomic E-state index is 0.458. The topological polar surface area (TPSA) is 87.9 Å². The van der Waals surface area contributed by atoms with Gasteiger partial charge in [0.25, 0.3) is 0 Å². The molecule has 0 unspecified atom stereocenters. The summed E-state index contributed by atoms with van der Waals surface area (Å²) in [6.07, 6.45) is 2.17. The van der Waals surface area contributed by atoms with Crippen molar-refractivity contribution in [3.05, 3.63) is 30.5 Å². The van der Waals surface area contributed by atoms with Crippen molar-refractivity contribution in [1.82, 2.24) is 14.8 Å². The monoisotopic (exact) mass is 452 g/mol. The number of anilines is 1. The summed E-state index contributed by atoms with van der Waals surface area (Å²) in [6, 6.07) is 7.57. The van der Waals surface area contributed by atoms with Crippen molar-refractivity contribution in [2.24, 2.45) is 0 Å². The normalized spacial score (nSPS) is 16.5. The van der Waals surface area contributed by atoms with Gasteiger partial charge in [0.15, 0.2) is 11.5 Å². The van der Waals surface area contributed by atoms with E-state index in [4.69, 9.17) is 18.9 Å². The van der Waals surface area contributed by atoms with E-state index in [1.807, 2.05) is 39.0 Å². The van der Waals surface area contributed by atoms with Crippen LogP contribution in [0.15, 0.2) is 30.5 Å². The summed E-state index contributed by atoms with van der Waals surface area (Å²) in [5.74, 6) is 2.08. The van der Waals surface area contributed by atoms with Crippen LogP contribution in [0.3, 0.4) is 0 Å². The Kier molecular flexibility index (Phi) is 5.57. The number of ether oxygens (including phenoxy) is 4. The Labute approximate surface area is 192 Å². The number of carbonyl (C=O) groups excluding carboxylic acids is 1. The van der Waals surface area contributed by atoms with Gasteiger partial charge >= 0.3 is 6.09 Å². The molecule has 0 amide bonds. The third kappa shape index (κ3) is 4.45. The zero-order chi connectivity index (χ0) is 23.0. The highest BCUT2D eigenvalue weighted by atomic mass is 16.6. The second-order valence-electron chi connectivity index (χ2n) is 9.11. The molecule has 0 N–H and O–H groups in total. The van der Waals surface area contributed by atoms with E-state index in [9.17, 15) is 4.79 Å². The van der Waals surface area contributed by atoms with E-state index in [0.29, 0.717) is 42.5 Å².